The summed E-state index contributed by atoms with van der Waals surface area (Å²) in [6.07, 6.45) is -0.336. The molecule has 1 rings (SSSR count). The number of hydrogen-bond donors (Lipinski definition) is 1. The van der Waals surface area contributed by atoms with E-state index >= 15 is 0 Å². The third-order valence-corrected chi connectivity index (χ3v) is 2.52. The number of carboxylic acid groups (broad SMARTS) is 1. The molecule has 6 heteroatoms. The van der Waals surface area contributed by atoms with Crippen LogP contribution in [0.15, 0.2) is 0 Å². The van der Waals surface area contributed by atoms with Crippen molar-refractivity contribution in [2.45, 2.75) is 32.4 Å². The molecule has 0 radical (unpaired) electrons. The van der Waals surface area contributed by atoms with Gasteiger partial charge in [-0.15, -0.1) is 0 Å². The minimum absolute atomic E-state index is 0.00712. The Morgan fingerprint density at radius 1 is 1.41 bits per heavy atom. The lowest BCUT2D eigenvalue weighted by Crippen LogP contribution is -2.61. The predicted octanol–water partition coefficient (Wildman–Crippen LogP) is 0.622. The van der Waals surface area contributed by atoms with Gasteiger partial charge in [-0.05, 0) is 27.8 Å². The number of amides is 1. The van der Waals surface area contributed by atoms with Crippen LogP contribution in [-0.4, -0.2) is 65.3 Å². The molecule has 0 spiro atoms. The van der Waals surface area contributed by atoms with E-state index in [-0.39, 0.29) is 18.7 Å². The highest BCUT2D eigenvalue weighted by molar-refractivity contribution is 5.70. The second-order valence-corrected chi connectivity index (χ2v) is 5.35. The van der Waals surface area contributed by atoms with E-state index in [9.17, 15) is 9.59 Å². The molecule has 0 bridgehead atoms. The van der Waals surface area contributed by atoms with E-state index in [1.165, 1.54) is 0 Å². The number of carboxylic acids is 1. The fraction of sp³-hybridized carbons (Fsp3) is 0.818. The molecular formula is C11H20N2O4. The summed E-state index contributed by atoms with van der Waals surface area (Å²) in [6, 6.07) is 0.110. The molecule has 0 unspecified atom stereocenters. The molecule has 0 atom stereocenters. The van der Waals surface area contributed by atoms with E-state index in [0.29, 0.717) is 13.1 Å². The Hall–Kier alpha value is -1.30. The van der Waals surface area contributed by atoms with E-state index in [1.54, 1.807) is 16.8 Å². The van der Waals surface area contributed by atoms with Gasteiger partial charge in [0.05, 0.1) is 6.54 Å². The van der Waals surface area contributed by atoms with Crippen LogP contribution >= 0.6 is 0 Å². The highest BCUT2D eigenvalue weighted by Gasteiger charge is 2.36. The SMILES string of the molecule is CN(CC(=O)O)C1CN(C(=O)OC(C)(C)C)C1. The first-order valence-corrected chi connectivity index (χ1v) is 5.59. The van der Waals surface area contributed by atoms with Crippen molar-refractivity contribution in [3.63, 3.8) is 0 Å². The second kappa shape index (κ2) is 4.91. The summed E-state index contributed by atoms with van der Waals surface area (Å²) in [6.45, 7) is 6.50. The number of likely N-dealkylation sites (tertiary alicyclic amines) is 1. The lowest BCUT2D eigenvalue weighted by atomic mass is 10.1. The number of carbonyl (C=O) groups excluding carboxylic acids is 1. The molecule has 1 amide bonds. The molecular weight excluding hydrogens is 224 g/mol. The Labute approximate surface area is 101 Å². The molecule has 1 aliphatic rings. The Morgan fingerprint density at radius 2 is 1.94 bits per heavy atom. The quantitative estimate of drug-likeness (QED) is 0.788. The van der Waals surface area contributed by atoms with Crippen LogP contribution in [-0.2, 0) is 9.53 Å². The standard InChI is InChI=1S/C11H20N2O4/c1-11(2,3)17-10(16)13-5-8(6-13)12(4)7-9(14)15/h8H,5-7H2,1-4H3,(H,14,15). The van der Waals surface area contributed by atoms with Crippen LogP contribution in [0.1, 0.15) is 20.8 Å². The molecule has 1 fully saturated rings. The van der Waals surface area contributed by atoms with Crippen LogP contribution in [0, 0.1) is 0 Å². The lowest BCUT2D eigenvalue weighted by molar-refractivity contribution is -0.139. The van der Waals surface area contributed by atoms with Crippen LogP contribution in [0.5, 0.6) is 0 Å². The number of ether oxygens (including phenoxy) is 1. The first kappa shape index (κ1) is 13.8. The van der Waals surface area contributed by atoms with Crippen LogP contribution in [0.3, 0.4) is 0 Å². The maximum absolute atomic E-state index is 11.6. The first-order valence-electron chi connectivity index (χ1n) is 5.59. The highest BCUT2D eigenvalue weighted by Crippen LogP contribution is 2.17. The van der Waals surface area contributed by atoms with Gasteiger partial charge in [-0.25, -0.2) is 4.79 Å². The van der Waals surface area contributed by atoms with Gasteiger partial charge in [-0.1, -0.05) is 0 Å². The van der Waals surface area contributed by atoms with Crippen molar-refractivity contribution in [3.05, 3.63) is 0 Å². The van der Waals surface area contributed by atoms with Crippen molar-refractivity contribution in [2.24, 2.45) is 0 Å². The van der Waals surface area contributed by atoms with Crippen LogP contribution in [0.2, 0.25) is 0 Å². The molecule has 1 heterocycles. The van der Waals surface area contributed by atoms with E-state index in [1.807, 2.05) is 20.8 Å². The highest BCUT2D eigenvalue weighted by atomic mass is 16.6. The Morgan fingerprint density at radius 3 is 2.35 bits per heavy atom. The minimum atomic E-state index is -0.858. The molecule has 0 aromatic rings. The van der Waals surface area contributed by atoms with Crippen molar-refractivity contribution < 1.29 is 19.4 Å². The number of carbonyl (C=O) groups is 2. The predicted molar refractivity (Wildman–Crippen MR) is 61.9 cm³/mol. The maximum Gasteiger partial charge on any atom is 0.410 e. The Kier molecular flexibility index (Phi) is 3.98. The molecule has 0 aromatic heterocycles. The normalized spacial score (nSPS) is 16.9. The lowest BCUT2D eigenvalue weighted by Gasteiger charge is -2.43. The van der Waals surface area contributed by atoms with Gasteiger partial charge in [0.25, 0.3) is 0 Å². The van der Waals surface area contributed by atoms with Crippen molar-refractivity contribution in [3.8, 4) is 0 Å². The molecule has 0 aromatic carbocycles. The number of likely N-dealkylation sites (N-methyl/N-ethyl adjacent to an activating group) is 1. The summed E-state index contributed by atoms with van der Waals surface area (Å²) in [7, 11) is 1.74. The maximum atomic E-state index is 11.6. The van der Waals surface area contributed by atoms with Crippen molar-refractivity contribution >= 4 is 12.1 Å². The first-order chi connectivity index (χ1) is 7.69. The molecule has 1 aliphatic heterocycles. The molecule has 1 N–H and O–H groups in total. The van der Waals surface area contributed by atoms with Gasteiger partial charge in [-0.3, -0.25) is 9.69 Å². The topological polar surface area (TPSA) is 70.1 Å². The van der Waals surface area contributed by atoms with E-state index in [0.717, 1.165) is 0 Å². The van der Waals surface area contributed by atoms with E-state index in [4.69, 9.17) is 9.84 Å². The van der Waals surface area contributed by atoms with Crippen LogP contribution in [0.25, 0.3) is 0 Å². The van der Waals surface area contributed by atoms with Crippen LogP contribution < -0.4 is 0 Å². The number of aliphatic carboxylic acids is 1. The molecule has 0 saturated carbocycles. The molecule has 6 nitrogen and oxygen atoms in total. The van der Waals surface area contributed by atoms with E-state index in [2.05, 4.69) is 0 Å². The largest absolute Gasteiger partial charge is 0.480 e. The molecule has 1 saturated heterocycles. The smallest absolute Gasteiger partial charge is 0.410 e. The number of nitrogens with zero attached hydrogens (tertiary/aromatic N) is 2. The van der Waals surface area contributed by atoms with E-state index < -0.39 is 11.6 Å². The summed E-state index contributed by atoms with van der Waals surface area (Å²) in [5.41, 5.74) is -0.491. The van der Waals surface area contributed by atoms with Gasteiger partial charge in [0.1, 0.15) is 5.60 Å². The molecule has 98 valence electrons. The second-order valence-electron chi connectivity index (χ2n) is 5.35. The van der Waals surface area contributed by atoms with Crippen molar-refractivity contribution in [1.29, 1.82) is 0 Å². The molecule has 0 aliphatic carbocycles. The third kappa shape index (κ3) is 4.22. The number of rotatable bonds is 3. The van der Waals surface area contributed by atoms with Crippen molar-refractivity contribution in [1.82, 2.24) is 9.80 Å². The average Bonchev–Trinajstić information content (AvgIpc) is 1.94. The van der Waals surface area contributed by atoms with Gasteiger partial charge in [-0.2, -0.15) is 0 Å². The Balaban J connectivity index is 2.31. The summed E-state index contributed by atoms with van der Waals surface area (Å²) in [4.78, 5) is 25.4. The van der Waals surface area contributed by atoms with Gasteiger partial charge in [0.2, 0.25) is 0 Å². The van der Waals surface area contributed by atoms with Gasteiger partial charge in [0, 0.05) is 19.1 Å². The van der Waals surface area contributed by atoms with Gasteiger partial charge < -0.3 is 14.7 Å². The summed E-state index contributed by atoms with van der Waals surface area (Å²) < 4.78 is 5.20. The fourth-order valence-corrected chi connectivity index (χ4v) is 1.55. The Bertz CT molecular complexity index is 305. The zero-order chi connectivity index (χ0) is 13.2. The third-order valence-electron chi connectivity index (χ3n) is 2.52. The summed E-state index contributed by atoms with van der Waals surface area (Å²) >= 11 is 0. The van der Waals surface area contributed by atoms with Crippen LogP contribution in [0.4, 0.5) is 4.79 Å². The minimum Gasteiger partial charge on any atom is -0.480 e. The molecule has 17 heavy (non-hydrogen) atoms. The number of hydrogen-bond acceptors (Lipinski definition) is 4. The van der Waals surface area contributed by atoms with Gasteiger partial charge in [0.15, 0.2) is 0 Å². The van der Waals surface area contributed by atoms with Crippen molar-refractivity contribution in [2.75, 3.05) is 26.7 Å². The summed E-state index contributed by atoms with van der Waals surface area (Å²) in [5.74, 6) is -0.858. The summed E-state index contributed by atoms with van der Waals surface area (Å²) in [5, 5.41) is 8.63. The zero-order valence-corrected chi connectivity index (χ0v) is 10.8. The van der Waals surface area contributed by atoms with Gasteiger partial charge >= 0.3 is 12.1 Å². The zero-order valence-electron chi connectivity index (χ0n) is 10.8. The average molecular weight is 244 g/mol. The fourth-order valence-electron chi connectivity index (χ4n) is 1.55. The monoisotopic (exact) mass is 244 g/mol.